The number of methoxy groups -OCH3 is 1. The molecule has 0 amide bonds. The fraction of sp³-hybridized carbons (Fsp3) is 0.333. The van der Waals surface area contributed by atoms with Crippen molar-refractivity contribution in [2.45, 2.75) is 58.1 Å². The zero-order valence-corrected chi connectivity index (χ0v) is 26.8. The van der Waals surface area contributed by atoms with Gasteiger partial charge in [-0.2, -0.15) is 9.61 Å². The molecular weight excluding hydrogens is 570 g/mol. The van der Waals surface area contributed by atoms with E-state index in [9.17, 15) is 4.79 Å². The van der Waals surface area contributed by atoms with Gasteiger partial charge in [0.1, 0.15) is 36.0 Å². The number of benzene rings is 2. The van der Waals surface area contributed by atoms with Gasteiger partial charge in [-0.25, -0.2) is 9.67 Å². The number of ether oxygens (including phenoxy) is 2. The summed E-state index contributed by atoms with van der Waals surface area (Å²) in [5.41, 5.74) is 5.41. The second-order valence-corrected chi connectivity index (χ2v) is 17.9. The summed E-state index contributed by atoms with van der Waals surface area (Å²) in [6.45, 7) is 7.97. The molecular formula is C33H39N7O3Si. The second-order valence-electron chi connectivity index (χ2n) is 12.3. The zero-order chi connectivity index (χ0) is 30.7. The molecule has 0 unspecified atom stereocenters. The molecule has 0 atom stereocenters. The average Bonchev–Trinajstić information content (AvgIpc) is 3.65. The van der Waals surface area contributed by atoms with Gasteiger partial charge in [-0.05, 0) is 55.0 Å². The minimum Gasteiger partial charge on any atom is -0.497 e. The SMILES string of the molecule is COc1ccc(-c2c(Nc3ncn(COCC[Si](C)(C)C)n3)[nH]c3c(C4=CCCCC4)c(-c4ccccc4)nn3c2=O)cc1. The molecule has 5 aromatic rings. The van der Waals surface area contributed by atoms with E-state index in [1.165, 1.54) is 10.1 Å². The van der Waals surface area contributed by atoms with E-state index in [4.69, 9.17) is 14.6 Å². The highest BCUT2D eigenvalue weighted by Gasteiger charge is 2.25. The lowest BCUT2D eigenvalue weighted by Crippen LogP contribution is -2.22. The quantitative estimate of drug-likeness (QED) is 0.123. The maximum absolute atomic E-state index is 14.4. The Morgan fingerprint density at radius 1 is 0.977 bits per heavy atom. The number of fused-ring (bicyclic) bond motifs is 1. The average molecular weight is 610 g/mol. The van der Waals surface area contributed by atoms with Crippen molar-refractivity contribution >= 4 is 31.1 Å². The third-order valence-corrected chi connectivity index (χ3v) is 9.52. The molecule has 3 heterocycles. The molecule has 44 heavy (non-hydrogen) atoms. The van der Waals surface area contributed by atoms with E-state index >= 15 is 0 Å². The molecule has 6 rings (SSSR count). The Hall–Kier alpha value is -4.48. The first-order chi connectivity index (χ1) is 21.3. The fourth-order valence-electron chi connectivity index (χ4n) is 5.42. The van der Waals surface area contributed by atoms with Gasteiger partial charge >= 0.3 is 0 Å². The molecule has 0 saturated heterocycles. The van der Waals surface area contributed by atoms with Crippen LogP contribution in [0.3, 0.4) is 0 Å². The van der Waals surface area contributed by atoms with Crippen molar-refractivity contribution in [3.8, 4) is 28.1 Å². The van der Waals surface area contributed by atoms with Crippen molar-refractivity contribution in [1.82, 2.24) is 29.4 Å². The van der Waals surface area contributed by atoms with Crippen LogP contribution in [0.2, 0.25) is 25.7 Å². The number of rotatable bonds is 11. The van der Waals surface area contributed by atoms with E-state index in [0.717, 1.165) is 48.5 Å². The molecule has 0 fully saturated rings. The predicted molar refractivity (Wildman–Crippen MR) is 177 cm³/mol. The third-order valence-electron chi connectivity index (χ3n) is 7.82. The lowest BCUT2D eigenvalue weighted by atomic mass is 9.92. The molecule has 0 radical (unpaired) electrons. The fourth-order valence-corrected chi connectivity index (χ4v) is 6.18. The van der Waals surface area contributed by atoms with Crippen LogP contribution >= 0.6 is 0 Å². The van der Waals surface area contributed by atoms with Crippen molar-refractivity contribution in [2.24, 2.45) is 0 Å². The summed E-state index contributed by atoms with van der Waals surface area (Å²) in [5, 5.41) is 12.8. The van der Waals surface area contributed by atoms with Gasteiger partial charge in [0.05, 0.1) is 12.7 Å². The monoisotopic (exact) mass is 609 g/mol. The number of nitrogens with one attached hydrogen (secondary N) is 2. The summed E-state index contributed by atoms with van der Waals surface area (Å²) < 4.78 is 14.4. The van der Waals surface area contributed by atoms with Crippen LogP contribution in [0.4, 0.5) is 11.8 Å². The van der Waals surface area contributed by atoms with Gasteiger partial charge in [-0.1, -0.05) is 68.2 Å². The Bertz CT molecular complexity index is 1830. The number of hydrogen-bond donors (Lipinski definition) is 2. The molecule has 0 bridgehead atoms. The molecule has 10 nitrogen and oxygen atoms in total. The number of aromatic amines is 1. The maximum atomic E-state index is 14.4. The summed E-state index contributed by atoms with van der Waals surface area (Å²) >= 11 is 0. The first-order valence-electron chi connectivity index (χ1n) is 15.1. The van der Waals surface area contributed by atoms with Crippen molar-refractivity contribution in [3.63, 3.8) is 0 Å². The summed E-state index contributed by atoms with van der Waals surface area (Å²) in [6, 6.07) is 18.5. The standard InChI is InChI=1S/C33H39N7O3Si/c1-42-26-17-15-24(16-18-26)28-30(36-33-34-21-39(38-33)22-43-19-20-44(2,3)4)35-31-27(23-11-7-5-8-12-23)29(37-40(31)32(28)41)25-13-9-6-10-14-25/h6,9-11,13-18,21,35H,5,7-8,12,19-20,22H2,1-4H3,(H,36,38). The number of allylic oxidation sites excluding steroid dienone is 2. The highest BCUT2D eigenvalue weighted by Crippen LogP contribution is 2.37. The Kier molecular flexibility index (Phi) is 8.49. The van der Waals surface area contributed by atoms with Gasteiger partial charge in [0, 0.05) is 25.8 Å². The molecule has 11 heteroatoms. The number of aromatic nitrogens is 6. The highest BCUT2D eigenvalue weighted by molar-refractivity contribution is 6.76. The summed E-state index contributed by atoms with van der Waals surface area (Å²) in [5.74, 6) is 1.55. The molecule has 2 aromatic carbocycles. The molecule has 1 aliphatic rings. The van der Waals surface area contributed by atoms with Crippen LogP contribution in [0.25, 0.3) is 33.6 Å². The topological polar surface area (TPSA) is 111 Å². The lowest BCUT2D eigenvalue weighted by molar-refractivity contribution is 0.0785. The molecule has 1 aliphatic carbocycles. The number of nitrogens with zero attached hydrogens (tertiary/aromatic N) is 5. The number of hydrogen-bond acceptors (Lipinski definition) is 7. The van der Waals surface area contributed by atoms with Crippen molar-refractivity contribution in [3.05, 3.63) is 82.9 Å². The highest BCUT2D eigenvalue weighted by atomic mass is 28.3. The normalized spacial score (nSPS) is 13.7. The van der Waals surface area contributed by atoms with Gasteiger partial charge in [0.25, 0.3) is 5.56 Å². The van der Waals surface area contributed by atoms with Gasteiger partial charge in [0.2, 0.25) is 5.95 Å². The van der Waals surface area contributed by atoms with E-state index in [0.29, 0.717) is 47.6 Å². The van der Waals surface area contributed by atoms with E-state index in [1.54, 1.807) is 18.1 Å². The van der Waals surface area contributed by atoms with Crippen molar-refractivity contribution < 1.29 is 9.47 Å². The molecule has 0 spiro atoms. The van der Waals surface area contributed by atoms with Gasteiger partial charge in [0.15, 0.2) is 0 Å². The number of anilines is 2. The summed E-state index contributed by atoms with van der Waals surface area (Å²) in [4.78, 5) is 22.4. The van der Waals surface area contributed by atoms with Crippen molar-refractivity contribution in [1.29, 1.82) is 0 Å². The smallest absolute Gasteiger partial charge is 0.284 e. The predicted octanol–water partition coefficient (Wildman–Crippen LogP) is 6.97. The van der Waals surface area contributed by atoms with Crippen LogP contribution < -0.4 is 15.6 Å². The van der Waals surface area contributed by atoms with Gasteiger partial charge in [-0.3, -0.25) is 4.79 Å². The van der Waals surface area contributed by atoms with E-state index < -0.39 is 8.07 Å². The first kappa shape index (κ1) is 29.6. The maximum Gasteiger partial charge on any atom is 0.284 e. The molecule has 2 N–H and O–H groups in total. The molecule has 3 aromatic heterocycles. The Morgan fingerprint density at radius 2 is 1.77 bits per heavy atom. The van der Waals surface area contributed by atoms with Crippen LogP contribution in [-0.2, 0) is 11.5 Å². The van der Waals surface area contributed by atoms with E-state index in [1.807, 2.05) is 54.6 Å². The van der Waals surface area contributed by atoms with E-state index in [-0.39, 0.29) is 5.56 Å². The minimum absolute atomic E-state index is 0.250. The van der Waals surface area contributed by atoms with Gasteiger partial charge < -0.3 is 19.8 Å². The molecule has 0 aliphatic heterocycles. The Morgan fingerprint density at radius 3 is 2.48 bits per heavy atom. The van der Waals surface area contributed by atoms with Crippen LogP contribution in [0.15, 0.2) is 71.8 Å². The van der Waals surface area contributed by atoms with Crippen LogP contribution in [-0.4, -0.2) is 51.2 Å². The first-order valence-corrected chi connectivity index (χ1v) is 18.8. The van der Waals surface area contributed by atoms with E-state index in [2.05, 4.69) is 46.1 Å². The van der Waals surface area contributed by atoms with Gasteiger partial charge in [-0.15, -0.1) is 5.10 Å². The van der Waals surface area contributed by atoms with Crippen molar-refractivity contribution in [2.75, 3.05) is 19.0 Å². The zero-order valence-electron chi connectivity index (χ0n) is 25.8. The second kappa shape index (κ2) is 12.6. The Balaban J connectivity index is 1.46. The third kappa shape index (κ3) is 6.39. The Labute approximate surface area is 257 Å². The van der Waals surface area contributed by atoms with Crippen LogP contribution in [0, 0.1) is 0 Å². The number of H-pyrrole nitrogens is 1. The summed E-state index contributed by atoms with van der Waals surface area (Å²) in [6.07, 6.45) is 8.09. The van der Waals surface area contributed by atoms with Crippen LogP contribution in [0.5, 0.6) is 5.75 Å². The van der Waals surface area contributed by atoms with Crippen LogP contribution in [0.1, 0.15) is 31.2 Å². The largest absolute Gasteiger partial charge is 0.497 e. The lowest BCUT2D eigenvalue weighted by Gasteiger charge is -2.15. The summed E-state index contributed by atoms with van der Waals surface area (Å²) in [7, 11) is 0.432. The molecule has 228 valence electrons. The molecule has 0 saturated carbocycles. The minimum atomic E-state index is -1.19.